The average molecular weight is 272 g/mol. The lowest BCUT2D eigenvalue weighted by atomic mass is 10.1. The van der Waals surface area contributed by atoms with E-state index in [0.717, 1.165) is 11.1 Å². The largest absolute Gasteiger partial charge is 0.470 e. The van der Waals surface area contributed by atoms with Gasteiger partial charge in [0.2, 0.25) is 0 Å². The van der Waals surface area contributed by atoms with Crippen molar-refractivity contribution in [1.29, 1.82) is 10.5 Å². The van der Waals surface area contributed by atoms with Crippen molar-refractivity contribution in [2.45, 2.75) is 0 Å². The first-order chi connectivity index (χ1) is 10.3. The Labute approximate surface area is 123 Å². The minimum absolute atomic E-state index is 0.400. The lowest BCUT2D eigenvalue weighted by Crippen LogP contribution is -1.84. The van der Waals surface area contributed by atoms with E-state index in [9.17, 15) is 0 Å². The van der Waals surface area contributed by atoms with Crippen LogP contribution in [0.15, 0.2) is 73.2 Å². The van der Waals surface area contributed by atoms with Crippen LogP contribution in [0.1, 0.15) is 11.1 Å². The van der Waals surface area contributed by atoms with Crippen LogP contribution in [-0.2, 0) is 4.74 Å². The van der Waals surface area contributed by atoms with E-state index < -0.39 is 0 Å². The molecule has 2 aromatic rings. The van der Waals surface area contributed by atoms with E-state index in [4.69, 9.17) is 15.3 Å². The molecule has 0 atom stereocenters. The summed E-state index contributed by atoms with van der Waals surface area (Å²) in [6.45, 7) is 0. The van der Waals surface area contributed by atoms with Crippen molar-refractivity contribution in [2.24, 2.45) is 0 Å². The zero-order chi connectivity index (χ0) is 14.9. The van der Waals surface area contributed by atoms with E-state index in [-0.39, 0.29) is 0 Å². The zero-order valence-electron chi connectivity index (χ0n) is 11.2. The molecule has 2 aromatic carbocycles. The molecule has 0 heterocycles. The summed E-state index contributed by atoms with van der Waals surface area (Å²) in [7, 11) is 0. The lowest BCUT2D eigenvalue weighted by molar-refractivity contribution is 0.407. The highest BCUT2D eigenvalue weighted by molar-refractivity contribution is 5.77. The molecule has 0 unspecified atom stereocenters. The van der Waals surface area contributed by atoms with Gasteiger partial charge in [0, 0.05) is 0 Å². The fraction of sp³-hybridized carbons (Fsp3) is 0. The van der Waals surface area contributed by atoms with Crippen molar-refractivity contribution in [3.05, 3.63) is 84.3 Å². The van der Waals surface area contributed by atoms with Crippen LogP contribution < -0.4 is 0 Å². The quantitative estimate of drug-likeness (QED) is 0.621. The second kappa shape index (κ2) is 7.33. The van der Waals surface area contributed by atoms with Crippen LogP contribution in [0.4, 0.5) is 0 Å². The maximum atomic E-state index is 9.13. The third kappa shape index (κ3) is 3.83. The zero-order valence-corrected chi connectivity index (χ0v) is 11.2. The SMILES string of the molecule is N#CC(=COC=C(C#N)c1ccccc1)c1ccccc1. The van der Waals surface area contributed by atoms with Crippen LogP contribution in [0.2, 0.25) is 0 Å². The third-order valence-corrected chi connectivity index (χ3v) is 2.78. The Bertz CT molecular complexity index is 667. The van der Waals surface area contributed by atoms with E-state index in [1.54, 1.807) is 0 Å². The molecule has 2 rings (SSSR count). The monoisotopic (exact) mass is 272 g/mol. The summed E-state index contributed by atoms with van der Waals surface area (Å²) in [5.41, 5.74) is 2.34. The highest BCUT2D eigenvalue weighted by atomic mass is 16.5. The molecule has 0 N–H and O–H groups in total. The first-order valence-electron chi connectivity index (χ1n) is 6.32. The number of nitriles is 2. The molecule has 0 bridgehead atoms. The van der Waals surface area contributed by atoms with Gasteiger partial charge in [-0.2, -0.15) is 10.5 Å². The minimum atomic E-state index is 0.400. The minimum Gasteiger partial charge on any atom is -0.470 e. The molecule has 0 aliphatic heterocycles. The molecule has 0 amide bonds. The van der Waals surface area contributed by atoms with Gasteiger partial charge < -0.3 is 4.74 Å². The van der Waals surface area contributed by atoms with Gasteiger partial charge in [-0.25, -0.2) is 0 Å². The Morgan fingerprint density at radius 1 is 0.714 bits per heavy atom. The number of rotatable bonds is 4. The summed E-state index contributed by atoms with van der Waals surface area (Å²) in [4.78, 5) is 0. The molecule has 0 saturated heterocycles. The second-order valence-electron chi connectivity index (χ2n) is 4.15. The molecule has 0 radical (unpaired) electrons. The molecule has 0 fully saturated rings. The Kier molecular flexibility index (Phi) is 4.93. The molecule has 0 aromatic heterocycles. The van der Waals surface area contributed by atoms with Crippen molar-refractivity contribution in [3.63, 3.8) is 0 Å². The lowest BCUT2D eigenvalue weighted by Gasteiger charge is -2.00. The fourth-order valence-corrected chi connectivity index (χ4v) is 1.72. The highest BCUT2D eigenvalue weighted by Gasteiger charge is 2.01. The predicted octanol–water partition coefficient (Wildman–Crippen LogP) is 4.13. The van der Waals surface area contributed by atoms with E-state index in [2.05, 4.69) is 12.1 Å². The molecule has 0 spiro atoms. The van der Waals surface area contributed by atoms with Gasteiger partial charge >= 0.3 is 0 Å². The van der Waals surface area contributed by atoms with Gasteiger partial charge in [0.25, 0.3) is 0 Å². The van der Waals surface area contributed by atoms with Gasteiger partial charge in [0.05, 0.1) is 11.1 Å². The summed E-state index contributed by atoms with van der Waals surface area (Å²) in [5.74, 6) is 0. The molecule has 0 saturated carbocycles. The summed E-state index contributed by atoms with van der Waals surface area (Å²) in [6, 6.07) is 22.6. The maximum absolute atomic E-state index is 9.13. The molecule has 21 heavy (non-hydrogen) atoms. The van der Waals surface area contributed by atoms with Gasteiger partial charge in [0.15, 0.2) is 0 Å². The Balaban J connectivity index is 2.18. The molecular weight excluding hydrogens is 260 g/mol. The van der Waals surface area contributed by atoms with Crippen molar-refractivity contribution in [3.8, 4) is 12.1 Å². The average Bonchev–Trinajstić information content (AvgIpc) is 2.57. The predicted molar refractivity (Wildman–Crippen MR) is 81.1 cm³/mol. The van der Waals surface area contributed by atoms with Crippen molar-refractivity contribution >= 4 is 11.1 Å². The van der Waals surface area contributed by atoms with Crippen LogP contribution >= 0.6 is 0 Å². The van der Waals surface area contributed by atoms with Crippen molar-refractivity contribution in [2.75, 3.05) is 0 Å². The number of hydrogen-bond donors (Lipinski definition) is 0. The van der Waals surface area contributed by atoms with E-state index >= 15 is 0 Å². The van der Waals surface area contributed by atoms with Crippen molar-refractivity contribution in [1.82, 2.24) is 0 Å². The number of allylic oxidation sites excluding steroid dienone is 2. The smallest absolute Gasteiger partial charge is 0.109 e. The normalized spacial score (nSPS) is 11.3. The molecule has 3 heteroatoms. The van der Waals surface area contributed by atoms with Crippen LogP contribution in [0.25, 0.3) is 11.1 Å². The molecular formula is C18H12N2O. The summed E-state index contributed by atoms with van der Waals surface area (Å²) < 4.78 is 5.28. The fourth-order valence-electron chi connectivity index (χ4n) is 1.72. The van der Waals surface area contributed by atoms with E-state index in [0.29, 0.717) is 11.1 Å². The van der Waals surface area contributed by atoms with Gasteiger partial charge in [-0.15, -0.1) is 0 Å². The number of nitrogens with zero attached hydrogens (tertiary/aromatic N) is 2. The Morgan fingerprint density at radius 3 is 1.43 bits per heavy atom. The summed E-state index contributed by atoms with van der Waals surface area (Å²) >= 11 is 0. The van der Waals surface area contributed by atoms with Crippen LogP contribution in [-0.4, -0.2) is 0 Å². The molecule has 100 valence electrons. The maximum Gasteiger partial charge on any atom is 0.109 e. The first kappa shape index (κ1) is 14.1. The molecule has 0 aliphatic carbocycles. The summed E-state index contributed by atoms with van der Waals surface area (Å²) in [5, 5.41) is 18.3. The van der Waals surface area contributed by atoms with E-state index in [1.807, 2.05) is 60.7 Å². The van der Waals surface area contributed by atoms with Gasteiger partial charge in [0.1, 0.15) is 24.7 Å². The summed E-state index contributed by atoms with van der Waals surface area (Å²) in [6.07, 6.45) is 2.69. The standard InChI is InChI=1S/C18H12N2O/c19-11-17(15-7-3-1-4-8-15)13-21-14-18(12-20)16-9-5-2-6-10-16/h1-10,13-14H. The topological polar surface area (TPSA) is 56.8 Å². The Morgan fingerprint density at radius 2 is 1.10 bits per heavy atom. The van der Waals surface area contributed by atoms with Crippen molar-refractivity contribution < 1.29 is 4.74 Å². The van der Waals surface area contributed by atoms with Crippen LogP contribution in [0.5, 0.6) is 0 Å². The number of ether oxygens (including phenoxy) is 1. The van der Waals surface area contributed by atoms with Gasteiger partial charge in [-0.1, -0.05) is 60.7 Å². The van der Waals surface area contributed by atoms with Gasteiger partial charge in [-0.3, -0.25) is 0 Å². The Hall–Kier alpha value is -3.30. The number of hydrogen-bond acceptors (Lipinski definition) is 3. The van der Waals surface area contributed by atoms with Crippen LogP contribution in [0, 0.1) is 22.7 Å². The van der Waals surface area contributed by atoms with Gasteiger partial charge in [-0.05, 0) is 11.1 Å². The number of benzene rings is 2. The van der Waals surface area contributed by atoms with E-state index in [1.165, 1.54) is 12.5 Å². The molecule has 3 nitrogen and oxygen atoms in total. The molecule has 0 aliphatic rings. The second-order valence-corrected chi connectivity index (χ2v) is 4.15. The third-order valence-electron chi connectivity index (χ3n) is 2.78. The van der Waals surface area contributed by atoms with Crippen LogP contribution in [0.3, 0.4) is 0 Å². The first-order valence-corrected chi connectivity index (χ1v) is 6.32. The highest BCUT2D eigenvalue weighted by Crippen LogP contribution is 2.15.